The quantitative estimate of drug-likeness (QED) is 0.602. The van der Waals surface area contributed by atoms with Crippen molar-refractivity contribution < 1.29 is 9.53 Å². The van der Waals surface area contributed by atoms with Crippen LogP contribution in [0.5, 0.6) is 5.75 Å². The van der Waals surface area contributed by atoms with Crippen molar-refractivity contribution in [1.82, 2.24) is 0 Å². The maximum absolute atomic E-state index is 11.2. The molecule has 0 aliphatic heterocycles. The molecular weight excluding hydrogens is 347 g/mol. The standard InChI is InChI=1S/C9H8BrIO2/c1-5(12)6-3-4-7(11)9(13-2)8(6)10/h3-4H,1-2H3. The molecule has 0 saturated heterocycles. The highest BCUT2D eigenvalue weighted by molar-refractivity contribution is 14.1. The number of Topliss-reactive ketones (excluding diaryl/α,β-unsaturated/α-hetero) is 1. The van der Waals surface area contributed by atoms with Crippen molar-refractivity contribution in [2.45, 2.75) is 6.92 Å². The van der Waals surface area contributed by atoms with E-state index in [1.165, 1.54) is 6.92 Å². The first-order valence-electron chi connectivity index (χ1n) is 3.61. The fourth-order valence-electron chi connectivity index (χ4n) is 0.992. The van der Waals surface area contributed by atoms with Gasteiger partial charge in [0.25, 0.3) is 0 Å². The number of benzene rings is 1. The first-order valence-corrected chi connectivity index (χ1v) is 5.48. The molecule has 0 saturated carbocycles. The molecular formula is C9H8BrIO2. The number of methoxy groups -OCH3 is 1. The highest BCUT2D eigenvalue weighted by Crippen LogP contribution is 2.33. The van der Waals surface area contributed by atoms with Gasteiger partial charge in [0, 0.05) is 5.56 Å². The van der Waals surface area contributed by atoms with Crippen LogP contribution < -0.4 is 4.74 Å². The summed E-state index contributed by atoms with van der Waals surface area (Å²) in [6, 6.07) is 3.65. The van der Waals surface area contributed by atoms with Crippen molar-refractivity contribution in [3.8, 4) is 5.75 Å². The third kappa shape index (κ3) is 2.22. The topological polar surface area (TPSA) is 26.3 Å². The summed E-state index contributed by atoms with van der Waals surface area (Å²) in [5.41, 5.74) is 0.650. The lowest BCUT2D eigenvalue weighted by atomic mass is 10.1. The zero-order valence-corrected chi connectivity index (χ0v) is 11.0. The lowest BCUT2D eigenvalue weighted by Gasteiger charge is -2.08. The normalized spacial score (nSPS) is 9.85. The van der Waals surface area contributed by atoms with Crippen LogP contribution in [-0.4, -0.2) is 12.9 Å². The van der Waals surface area contributed by atoms with Crippen molar-refractivity contribution in [3.05, 3.63) is 25.7 Å². The summed E-state index contributed by atoms with van der Waals surface area (Å²) in [4.78, 5) is 11.2. The lowest BCUT2D eigenvalue weighted by molar-refractivity contribution is 0.101. The highest BCUT2D eigenvalue weighted by atomic mass is 127. The number of ether oxygens (including phenoxy) is 1. The van der Waals surface area contributed by atoms with Crippen LogP contribution >= 0.6 is 38.5 Å². The summed E-state index contributed by atoms with van der Waals surface area (Å²) >= 11 is 5.50. The van der Waals surface area contributed by atoms with Gasteiger partial charge in [-0.15, -0.1) is 0 Å². The summed E-state index contributed by atoms with van der Waals surface area (Å²) in [7, 11) is 1.59. The summed E-state index contributed by atoms with van der Waals surface area (Å²) < 4.78 is 6.87. The molecule has 1 rings (SSSR count). The van der Waals surface area contributed by atoms with Crippen molar-refractivity contribution in [1.29, 1.82) is 0 Å². The van der Waals surface area contributed by atoms with Gasteiger partial charge < -0.3 is 4.74 Å². The molecule has 2 nitrogen and oxygen atoms in total. The Hall–Kier alpha value is -0.100. The predicted octanol–water partition coefficient (Wildman–Crippen LogP) is 3.26. The number of hydrogen-bond acceptors (Lipinski definition) is 2. The number of halogens is 2. The summed E-state index contributed by atoms with van der Waals surface area (Å²) in [5.74, 6) is 0.745. The van der Waals surface area contributed by atoms with E-state index in [-0.39, 0.29) is 5.78 Å². The first-order chi connectivity index (χ1) is 6.07. The third-order valence-electron chi connectivity index (χ3n) is 1.63. The molecule has 0 aliphatic carbocycles. The molecule has 0 bridgehead atoms. The smallest absolute Gasteiger partial charge is 0.161 e. The van der Waals surface area contributed by atoms with Gasteiger partial charge in [-0.3, -0.25) is 4.79 Å². The van der Waals surface area contributed by atoms with Gasteiger partial charge in [-0.2, -0.15) is 0 Å². The minimum atomic E-state index is 0.0292. The van der Waals surface area contributed by atoms with Gasteiger partial charge in [-0.1, -0.05) is 0 Å². The van der Waals surface area contributed by atoms with Crippen LogP contribution in [0.25, 0.3) is 0 Å². The molecule has 0 fully saturated rings. The fraction of sp³-hybridized carbons (Fsp3) is 0.222. The van der Waals surface area contributed by atoms with E-state index in [0.717, 1.165) is 8.04 Å². The number of rotatable bonds is 2. The van der Waals surface area contributed by atoms with Gasteiger partial charge in [0.05, 0.1) is 15.2 Å². The monoisotopic (exact) mass is 354 g/mol. The Morgan fingerprint density at radius 1 is 1.54 bits per heavy atom. The molecule has 0 aliphatic rings. The zero-order chi connectivity index (χ0) is 10.0. The van der Waals surface area contributed by atoms with Crippen LogP contribution in [0.15, 0.2) is 16.6 Å². The van der Waals surface area contributed by atoms with E-state index < -0.39 is 0 Å². The fourth-order valence-corrected chi connectivity index (χ4v) is 2.82. The maximum atomic E-state index is 11.2. The van der Waals surface area contributed by atoms with E-state index in [9.17, 15) is 4.79 Å². The van der Waals surface area contributed by atoms with Crippen molar-refractivity contribution in [2.75, 3.05) is 7.11 Å². The Bertz CT molecular complexity index is 350. The Morgan fingerprint density at radius 2 is 2.15 bits per heavy atom. The van der Waals surface area contributed by atoms with Crippen LogP contribution in [0, 0.1) is 3.57 Å². The van der Waals surface area contributed by atoms with Crippen LogP contribution in [0.2, 0.25) is 0 Å². The van der Waals surface area contributed by atoms with Gasteiger partial charge >= 0.3 is 0 Å². The van der Waals surface area contributed by atoms with Crippen LogP contribution in [0.4, 0.5) is 0 Å². The molecule has 0 unspecified atom stereocenters. The molecule has 0 atom stereocenters. The van der Waals surface area contributed by atoms with E-state index in [1.807, 2.05) is 6.07 Å². The molecule has 0 N–H and O–H groups in total. The van der Waals surface area contributed by atoms with Gasteiger partial charge in [0.2, 0.25) is 0 Å². The second-order valence-corrected chi connectivity index (χ2v) is 4.45. The molecule has 4 heteroatoms. The molecule has 1 aromatic rings. The second-order valence-electron chi connectivity index (χ2n) is 2.50. The Labute approximate surface area is 98.9 Å². The van der Waals surface area contributed by atoms with Crippen LogP contribution in [0.3, 0.4) is 0 Å². The summed E-state index contributed by atoms with van der Waals surface area (Å²) in [6.07, 6.45) is 0. The first kappa shape index (κ1) is 11.0. The third-order valence-corrected chi connectivity index (χ3v) is 3.27. The minimum absolute atomic E-state index is 0.0292. The molecule has 0 radical (unpaired) electrons. The van der Waals surface area contributed by atoms with Crippen molar-refractivity contribution in [2.24, 2.45) is 0 Å². The minimum Gasteiger partial charge on any atom is -0.494 e. The van der Waals surface area contributed by atoms with Gasteiger partial charge in [0.1, 0.15) is 5.75 Å². The predicted molar refractivity (Wildman–Crippen MR) is 63.4 cm³/mol. The van der Waals surface area contributed by atoms with Gasteiger partial charge in [-0.05, 0) is 57.6 Å². The largest absolute Gasteiger partial charge is 0.494 e. The van der Waals surface area contributed by atoms with Crippen LogP contribution in [0.1, 0.15) is 17.3 Å². The molecule has 70 valence electrons. The van der Waals surface area contributed by atoms with Gasteiger partial charge in [0.15, 0.2) is 5.78 Å². The van der Waals surface area contributed by atoms with E-state index in [2.05, 4.69) is 38.5 Å². The van der Waals surface area contributed by atoms with E-state index >= 15 is 0 Å². The highest BCUT2D eigenvalue weighted by Gasteiger charge is 2.12. The van der Waals surface area contributed by atoms with Crippen LogP contribution in [-0.2, 0) is 0 Å². The van der Waals surface area contributed by atoms with E-state index in [4.69, 9.17) is 4.74 Å². The molecule has 0 spiro atoms. The number of carbonyl (C=O) groups is 1. The maximum Gasteiger partial charge on any atom is 0.161 e. The molecule has 0 aromatic heterocycles. The average molecular weight is 355 g/mol. The average Bonchev–Trinajstić information content (AvgIpc) is 2.04. The Kier molecular flexibility index (Phi) is 3.73. The lowest BCUT2D eigenvalue weighted by Crippen LogP contribution is -1.97. The zero-order valence-electron chi connectivity index (χ0n) is 7.23. The number of carbonyl (C=O) groups excluding carboxylic acids is 1. The molecule has 1 aromatic carbocycles. The number of ketones is 1. The SMILES string of the molecule is COc1c(I)ccc(C(C)=O)c1Br. The summed E-state index contributed by atoms with van der Waals surface area (Å²) in [5, 5.41) is 0. The van der Waals surface area contributed by atoms with Crippen molar-refractivity contribution >= 4 is 44.3 Å². The molecule has 0 heterocycles. The van der Waals surface area contributed by atoms with Gasteiger partial charge in [-0.25, -0.2) is 0 Å². The molecule has 0 amide bonds. The van der Waals surface area contributed by atoms with Crippen molar-refractivity contribution in [3.63, 3.8) is 0 Å². The number of hydrogen-bond donors (Lipinski definition) is 0. The Balaban J connectivity index is 3.35. The molecule has 13 heavy (non-hydrogen) atoms. The van der Waals surface area contributed by atoms with E-state index in [0.29, 0.717) is 11.3 Å². The van der Waals surface area contributed by atoms with E-state index in [1.54, 1.807) is 13.2 Å². The Morgan fingerprint density at radius 3 is 2.62 bits per heavy atom. The summed E-state index contributed by atoms with van der Waals surface area (Å²) in [6.45, 7) is 1.53. The second kappa shape index (κ2) is 4.41.